The predicted octanol–water partition coefficient (Wildman–Crippen LogP) is 3.59. The molecule has 2 aliphatic heterocycles. The molecule has 1 saturated heterocycles. The van der Waals surface area contributed by atoms with E-state index in [4.69, 9.17) is 16.3 Å². The van der Waals surface area contributed by atoms with Crippen LogP contribution in [0, 0.1) is 0 Å². The molecular formula is C20H23ClF3N5O2. The minimum absolute atomic E-state index is 0.00790. The number of halogens is 4. The minimum Gasteiger partial charge on any atom is -0.497 e. The molecule has 4 rings (SSSR count). The van der Waals surface area contributed by atoms with Gasteiger partial charge in [0.15, 0.2) is 11.7 Å². The normalized spacial score (nSPS) is 22.1. The van der Waals surface area contributed by atoms with Gasteiger partial charge in [-0.15, -0.1) is 0 Å². The van der Waals surface area contributed by atoms with Gasteiger partial charge >= 0.3 is 6.18 Å². The molecular weight excluding hydrogens is 435 g/mol. The van der Waals surface area contributed by atoms with Crippen LogP contribution >= 0.6 is 11.6 Å². The second-order valence-corrected chi connectivity index (χ2v) is 8.19. The second-order valence-electron chi connectivity index (χ2n) is 7.81. The first-order valence-electron chi connectivity index (χ1n) is 9.92. The fourth-order valence-electron chi connectivity index (χ4n) is 3.94. The number of carbonyl (C=O) groups is 1. The number of piperazine rings is 1. The number of nitrogens with zero attached hydrogens (tertiary/aromatic N) is 4. The summed E-state index contributed by atoms with van der Waals surface area (Å²) in [6.45, 7) is 2.30. The molecule has 11 heteroatoms. The molecule has 31 heavy (non-hydrogen) atoms. The molecule has 0 aliphatic carbocycles. The zero-order valence-electron chi connectivity index (χ0n) is 17.1. The summed E-state index contributed by atoms with van der Waals surface area (Å²) in [5.74, 6) is 0.160. The van der Waals surface area contributed by atoms with Crippen LogP contribution in [0.15, 0.2) is 24.3 Å². The Morgan fingerprint density at radius 1 is 1.19 bits per heavy atom. The fraction of sp³-hybridized carbons (Fsp3) is 0.500. The average Bonchev–Trinajstić information content (AvgIpc) is 3.09. The number of carbonyl (C=O) groups excluding carboxylic acids is 1. The van der Waals surface area contributed by atoms with Gasteiger partial charge in [-0.1, -0.05) is 23.7 Å². The molecule has 2 aromatic rings. The molecule has 1 amide bonds. The molecule has 0 saturated carbocycles. The van der Waals surface area contributed by atoms with E-state index in [1.54, 1.807) is 29.2 Å². The van der Waals surface area contributed by atoms with Crippen molar-refractivity contribution in [2.24, 2.45) is 0 Å². The van der Waals surface area contributed by atoms with Crippen molar-refractivity contribution >= 4 is 23.3 Å². The third kappa shape index (κ3) is 4.18. The van der Waals surface area contributed by atoms with Crippen molar-refractivity contribution in [3.05, 3.63) is 40.5 Å². The summed E-state index contributed by atoms with van der Waals surface area (Å²) >= 11 is 6.41. The number of ether oxygens (including phenoxy) is 1. The Kier molecular flexibility index (Phi) is 5.78. The Morgan fingerprint density at radius 3 is 2.42 bits per heavy atom. The van der Waals surface area contributed by atoms with Gasteiger partial charge in [0.25, 0.3) is 5.91 Å². The van der Waals surface area contributed by atoms with Crippen molar-refractivity contribution in [3.63, 3.8) is 0 Å². The smallest absolute Gasteiger partial charge is 0.410 e. The summed E-state index contributed by atoms with van der Waals surface area (Å²) in [7, 11) is 3.46. The number of nitrogens with one attached hydrogen (secondary N) is 1. The number of fused-ring (bicyclic) bond motifs is 1. The summed E-state index contributed by atoms with van der Waals surface area (Å²) in [6, 6.07) is 4.25. The molecule has 168 valence electrons. The molecule has 0 bridgehead atoms. The van der Waals surface area contributed by atoms with Gasteiger partial charge in [0, 0.05) is 32.6 Å². The van der Waals surface area contributed by atoms with Gasteiger partial charge in [-0.2, -0.15) is 18.3 Å². The van der Waals surface area contributed by atoms with E-state index < -0.39 is 24.2 Å². The maximum atomic E-state index is 13.9. The lowest BCUT2D eigenvalue weighted by atomic mass is 9.97. The number of aromatic nitrogens is 2. The summed E-state index contributed by atoms with van der Waals surface area (Å²) in [4.78, 5) is 16.6. The van der Waals surface area contributed by atoms with E-state index in [-0.39, 0.29) is 23.0 Å². The van der Waals surface area contributed by atoms with Crippen molar-refractivity contribution in [2.75, 3.05) is 45.7 Å². The van der Waals surface area contributed by atoms with Crippen LogP contribution in [-0.4, -0.2) is 72.0 Å². The van der Waals surface area contributed by atoms with Crippen molar-refractivity contribution in [1.29, 1.82) is 0 Å². The maximum Gasteiger partial charge on any atom is 0.410 e. The van der Waals surface area contributed by atoms with Crippen LogP contribution < -0.4 is 10.1 Å². The van der Waals surface area contributed by atoms with Gasteiger partial charge in [0.05, 0.1) is 13.2 Å². The molecule has 0 spiro atoms. The summed E-state index contributed by atoms with van der Waals surface area (Å²) < 4.78 is 47.7. The molecule has 2 unspecified atom stereocenters. The zero-order valence-corrected chi connectivity index (χ0v) is 17.9. The highest BCUT2D eigenvalue weighted by Gasteiger charge is 2.48. The van der Waals surface area contributed by atoms with Gasteiger partial charge < -0.3 is 19.9 Å². The highest BCUT2D eigenvalue weighted by Crippen LogP contribution is 2.46. The van der Waals surface area contributed by atoms with Gasteiger partial charge in [-0.05, 0) is 24.7 Å². The molecule has 7 nitrogen and oxygen atoms in total. The topological polar surface area (TPSA) is 62.6 Å². The molecule has 1 aromatic carbocycles. The van der Waals surface area contributed by atoms with Crippen LogP contribution in [0.5, 0.6) is 5.75 Å². The van der Waals surface area contributed by atoms with E-state index in [2.05, 4.69) is 15.3 Å². The molecule has 1 aromatic heterocycles. The number of amides is 1. The summed E-state index contributed by atoms with van der Waals surface area (Å²) in [5, 5.41) is 6.99. The first kappa shape index (κ1) is 21.8. The van der Waals surface area contributed by atoms with Gasteiger partial charge in [-0.3, -0.25) is 4.79 Å². The summed E-state index contributed by atoms with van der Waals surface area (Å²) in [6.07, 6.45) is -4.83. The monoisotopic (exact) mass is 457 g/mol. The highest BCUT2D eigenvalue weighted by atomic mass is 35.5. The Balaban J connectivity index is 1.68. The van der Waals surface area contributed by atoms with E-state index in [1.807, 2.05) is 7.05 Å². The molecule has 0 radical (unpaired) electrons. The van der Waals surface area contributed by atoms with E-state index in [9.17, 15) is 18.0 Å². The number of methoxy groups -OCH3 is 1. The lowest BCUT2D eigenvalue weighted by Crippen LogP contribution is -2.47. The van der Waals surface area contributed by atoms with E-state index >= 15 is 0 Å². The first-order valence-corrected chi connectivity index (χ1v) is 10.3. The molecule has 2 aliphatic rings. The Labute approximate surface area is 182 Å². The van der Waals surface area contributed by atoms with Crippen LogP contribution in [0.25, 0.3) is 0 Å². The SMILES string of the molecule is COc1ccc(C2CC(C(F)(F)F)n3nc(C(=O)N4CCN(C)CC4)c(Cl)c3N2)cc1. The van der Waals surface area contributed by atoms with Crippen molar-refractivity contribution in [3.8, 4) is 5.75 Å². The number of hydrogen-bond donors (Lipinski definition) is 1. The largest absolute Gasteiger partial charge is 0.497 e. The maximum absolute atomic E-state index is 13.9. The number of alkyl halides is 3. The molecule has 1 N–H and O–H groups in total. The van der Waals surface area contributed by atoms with Crippen LogP contribution in [0.4, 0.5) is 19.0 Å². The van der Waals surface area contributed by atoms with Gasteiger partial charge in [0.2, 0.25) is 0 Å². The highest BCUT2D eigenvalue weighted by molar-refractivity contribution is 6.36. The Morgan fingerprint density at radius 2 is 1.84 bits per heavy atom. The summed E-state index contributed by atoms with van der Waals surface area (Å²) in [5.41, 5.74) is 0.504. The van der Waals surface area contributed by atoms with Gasteiger partial charge in [-0.25, -0.2) is 4.68 Å². The fourth-order valence-corrected chi connectivity index (χ4v) is 4.20. The number of anilines is 1. The van der Waals surface area contributed by atoms with E-state index in [1.165, 1.54) is 7.11 Å². The third-order valence-electron chi connectivity index (χ3n) is 5.81. The third-order valence-corrected chi connectivity index (χ3v) is 6.16. The van der Waals surface area contributed by atoms with Crippen molar-refractivity contribution < 1.29 is 22.7 Å². The van der Waals surface area contributed by atoms with Crippen molar-refractivity contribution in [2.45, 2.75) is 24.7 Å². The van der Waals surface area contributed by atoms with E-state index in [0.717, 1.165) is 4.68 Å². The van der Waals surface area contributed by atoms with Crippen molar-refractivity contribution in [1.82, 2.24) is 19.6 Å². The predicted molar refractivity (Wildman–Crippen MR) is 110 cm³/mol. The molecule has 3 heterocycles. The number of rotatable bonds is 3. The first-order chi connectivity index (χ1) is 14.7. The lowest BCUT2D eigenvalue weighted by Gasteiger charge is -2.33. The van der Waals surface area contributed by atoms with E-state index in [0.29, 0.717) is 37.5 Å². The Bertz CT molecular complexity index is 955. The number of benzene rings is 1. The van der Waals surface area contributed by atoms with Crippen LogP contribution in [0.3, 0.4) is 0 Å². The average molecular weight is 458 g/mol. The number of likely N-dealkylation sites (N-methyl/N-ethyl adjacent to an activating group) is 1. The standard InChI is InChI=1S/C20H23ClF3N5O2/c1-27-7-9-28(10-8-27)19(30)17-16(21)18-25-14(12-3-5-13(31-2)6-4-12)11-15(20(22,23)24)29(18)26-17/h3-6,14-15,25H,7-11H2,1-2H3. The molecule has 2 atom stereocenters. The minimum atomic E-state index is -4.55. The van der Waals surface area contributed by atoms with Crippen LogP contribution in [0.1, 0.15) is 34.6 Å². The van der Waals surface area contributed by atoms with Crippen LogP contribution in [0.2, 0.25) is 5.02 Å². The zero-order chi connectivity index (χ0) is 22.3. The second kappa shape index (κ2) is 8.23. The van der Waals surface area contributed by atoms with Gasteiger partial charge in [0.1, 0.15) is 16.6 Å². The lowest BCUT2D eigenvalue weighted by molar-refractivity contribution is -0.173. The molecule has 1 fully saturated rings. The quantitative estimate of drug-likeness (QED) is 0.763. The number of hydrogen-bond acceptors (Lipinski definition) is 5. The van der Waals surface area contributed by atoms with Crippen LogP contribution in [-0.2, 0) is 0 Å². The Hall–Kier alpha value is -2.46.